The van der Waals surface area contributed by atoms with Crippen LogP contribution < -0.4 is 0 Å². The zero-order valence-electron chi connectivity index (χ0n) is 31.9. The molecule has 0 fully saturated rings. The molecule has 0 saturated heterocycles. The number of phosphoric ester groups is 1. The van der Waals surface area contributed by atoms with E-state index in [-0.39, 0.29) is 19.3 Å². The Labute approximate surface area is 312 Å². The third kappa shape index (κ3) is 32.5. The summed E-state index contributed by atoms with van der Waals surface area (Å²) in [7, 11) is -4.68. The van der Waals surface area contributed by atoms with E-state index in [9.17, 15) is 34.4 Å². The van der Waals surface area contributed by atoms with Crippen LogP contribution in [0, 0.1) is 5.92 Å². The number of esters is 2. The van der Waals surface area contributed by atoms with Gasteiger partial charge >= 0.3 is 19.8 Å². The van der Waals surface area contributed by atoms with Crippen LogP contribution in [0.3, 0.4) is 0 Å². The number of allylic oxidation sites excluding steroid dienone is 6. The van der Waals surface area contributed by atoms with Crippen LogP contribution >= 0.6 is 7.82 Å². The van der Waals surface area contributed by atoms with E-state index in [1.807, 2.05) is 24.3 Å². The summed E-state index contributed by atoms with van der Waals surface area (Å²) in [4.78, 5) is 34.8. The standard InChI is InChI=1S/C39H69O12P/c1-4-6-16-23-34(41)24-18-13-8-7-9-14-19-25-35(42)26-21-28-39(45)51-37(32-50-52(46,47)49-30-36(43)29-40)31-48-38(44)27-20-15-11-10-12-17-22-33(3)5-2/h8-9,13-14,18-19,24-25,33-37,40-43H,4-7,10-12,15-17,20-23,26-32H2,1-3H3,(H,46,47)/b13-8-,14-9-,24-18+,25-19+/t33?,34-,35-,36+,37-/m1/s1. The molecule has 0 aromatic rings. The molecule has 0 aliphatic rings. The van der Waals surface area contributed by atoms with Gasteiger partial charge in [0.05, 0.1) is 32.0 Å². The maximum absolute atomic E-state index is 12.6. The van der Waals surface area contributed by atoms with E-state index < -0.39 is 70.6 Å². The van der Waals surface area contributed by atoms with Crippen molar-refractivity contribution in [2.75, 3.05) is 26.4 Å². The van der Waals surface area contributed by atoms with Gasteiger partial charge in [0.2, 0.25) is 0 Å². The number of carbonyl (C=O) groups is 2. The molecule has 0 aliphatic heterocycles. The monoisotopic (exact) mass is 760 g/mol. The molecule has 0 rings (SSSR count). The predicted octanol–water partition coefficient (Wildman–Crippen LogP) is 7.18. The second-order valence-corrected chi connectivity index (χ2v) is 14.7. The highest BCUT2D eigenvalue weighted by Gasteiger charge is 2.27. The molecule has 12 nitrogen and oxygen atoms in total. The van der Waals surface area contributed by atoms with Crippen LogP contribution in [0.4, 0.5) is 0 Å². The van der Waals surface area contributed by atoms with E-state index in [1.165, 1.54) is 25.7 Å². The van der Waals surface area contributed by atoms with E-state index in [0.717, 1.165) is 50.9 Å². The summed E-state index contributed by atoms with van der Waals surface area (Å²) in [6.45, 7) is 4.23. The third-order valence-electron chi connectivity index (χ3n) is 8.23. The average molecular weight is 761 g/mol. The van der Waals surface area contributed by atoms with Crippen molar-refractivity contribution in [2.24, 2.45) is 5.92 Å². The topological polar surface area (TPSA) is 189 Å². The quantitative estimate of drug-likeness (QED) is 0.0193. The van der Waals surface area contributed by atoms with Crippen molar-refractivity contribution in [3.63, 3.8) is 0 Å². The van der Waals surface area contributed by atoms with E-state index in [4.69, 9.17) is 19.1 Å². The number of hydrogen-bond acceptors (Lipinski definition) is 11. The lowest BCUT2D eigenvalue weighted by atomic mass is 10.00. The summed E-state index contributed by atoms with van der Waals surface area (Å²) in [5.74, 6) is -0.410. The number of aliphatic hydroxyl groups excluding tert-OH is 4. The van der Waals surface area contributed by atoms with Gasteiger partial charge in [-0.2, -0.15) is 0 Å². The van der Waals surface area contributed by atoms with Crippen molar-refractivity contribution in [3.05, 3.63) is 48.6 Å². The minimum Gasteiger partial charge on any atom is -0.462 e. The molecular formula is C39H69O12P. The molecule has 52 heavy (non-hydrogen) atoms. The van der Waals surface area contributed by atoms with Gasteiger partial charge in [0.15, 0.2) is 6.10 Å². The molecule has 0 heterocycles. The summed E-state index contributed by atoms with van der Waals surface area (Å²) in [5, 5.41) is 38.4. The molecule has 0 bridgehead atoms. The fraction of sp³-hybridized carbons (Fsp3) is 0.744. The average Bonchev–Trinajstić information content (AvgIpc) is 3.12. The van der Waals surface area contributed by atoms with Gasteiger partial charge in [-0.05, 0) is 38.0 Å². The van der Waals surface area contributed by atoms with Crippen LogP contribution in [0.25, 0.3) is 0 Å². The third-order valence-corrected chi connectivity index (χ3v) is 9.19. The molecule has 13 heteroatoms. The highest BCUT2D eigenvalue weighted by atomic mass is 31.2. The number of unbranched alkanes of at least 4 members (excludes halogenated alkanes) is 7. The van der Waals surface area contributed by atoms with Crippen molar-refractivity contribution in [1.82, 2.24) is 0 Å². The Morgan fingerprint density at radius 1 is 0.692 bits per heavy atom. The fourth-order valence-electron chi connectivity index (χ4n) is 4.77. The summed E-state index contributed by atoms with van der Waals surface area (Å²) in [5.41, 5.74) is 0. The molecule has 0 aliphatic carbocycles. The molecule has 0 spiro atoms. The van der Waals surface area contributed by atoms with E-state index in [1.54, 1.807) is 24.3 Å². The van der Waals surface area contributed by atoms with Crippen LogP contribution in [-0.2, 0) is 32.7 Å². The zero-order valence-corrected chi connectivity index (χ0v) is 32.8. The van der Waals surface area contributed by atoms with Gasteiger partial charge < -0.3 is 34.8 Å². The minimum atomic E-state index is -4.68. The first-order valence-corrected chi connectivity index (χ1v) is 20.7. The second kappa shape index (κ2) is 33.4. The van der Waals surface area contributed by atoms with E-state index in [0.29, 0.717) is 19.3 Å². The minimum absolute atomic E-state index is 0.0653. The Balaban J connectivity index is 4.66. The first-order chi connectivity index (χ1) is 24.9. The van der Waals surface area contributed by atoms with Gasteiger partial charge in [-0.1, -0.05) is 134 Å². The maximum atomic E-state index is 12.6. The number of rotatable bonds is 34. The maximum Gasteiger partial charge on any atom is 0.472 e. The number of phosphoric acid groups is 1. The van der Waals surface area contributed by atoms with Crippen molar-refractivity contribution in [2.45, 2.75) is 154 Å². The van der Waals surface area contributed by atoms with Crippen molar-refractivity contribution in [1.29, 1.82) is 0 Å². The van der Waals surface area contributed by atoms with E-state index >= 15 is 0 Å². The molecule has 5 N–H and O–H groups in total. The Bertz CT molecular complexity index is 1060. The number of carbonyl (C=O) groups excluding carboxylic acids is 2. The van der Waals surface area contributed by atoms with Crippen LogP contribution in [0.5, 0.6) is 0 Å². The molecule has 302 valence electrons. The largest absolute Gasteiger partial charge is 0.472 e. The zero-order chi connectivity index (χ0) is 38.9. The summed E-state index contributed by atoms with van der Waals surface area (Å²) in [6.07, 6.45) is 24.6. The fourth-order valence-corrected chi connectivity index (χ4v) is 5.56. The van der Waals surface area contributed by atoms with Crippen LogP contribution in [0.1, 0.15) is 130 Å². The van der Waals surface area contributed by atoms with Crippen molar-refractivity contribution >= 4 is 19.8 Å². The smallest absolute Gasteiger partial charge is 0.462 e. The number of hydrogen-bond donors (Lipinski definition) is 5. The Hall–Kier alpha value is -2.15. The normalized spacial score (nSPS) is 16.4. The SMILES string of the molecule is CCCCC[C@@H](O)/C=C/C=C\C/C=C\C=C\[C@@H](O)CCCC(=O)O[C@H](COC(=O)CCCCCCCCC(C)CC)COP(=O)(O)OC[C@@H](O)CO. The molecule has 0 radical (unpaired) electrons. The van der Waals surface area contributed by atoms with Crippen molar-refractivity contribution in [3.8, 4) is 0 Å². The first kappa shape index (κ1) is 49.9. The lowest BCUT2D eigenvalue weighted by Gasteiger charge is -2.20. The molecule has 2 unspecified atom stereocenters. The van der Waals surface area contributed by atoms with E-state index in [2.05, 4.69) is 25.3 Å². The van der Waals surface area contributed by atoms with Crippen molar-refractivity contribution < 1.29 is 58.0 Å². The number of aliphatic hydroxyl groups is 4. The Kier molecular flexibility index (Phi) is 32.0. The Morgan fingerprint density at radius 3 is 1.87 bits per heavy atom. The predicted molar refractivity (Wildman–Crippen MR) is 203 cm³/mol. The molecular weight excluding hydrogens is 691 g/mol. The lowest BCUT2D eigenvalue weighted by Crippen LogP contribution is -2.30. The highest BCUT2D eigenvalue weighted by molar-refractivity contribution is 7.47. The lowest BCUT2D eigenvalue weighted by molar-refractivity contribution is -0.161. The molecule has 0 aromatic heterocycles. The van der Waals surface area contributed by atoms with Gasteiger partial charge in [0.25, 0.3) is 0 Å². The van der Waals surface area contributed by atoms with Crippen LogP contribution in [0.2, 0.25) is 0 Å². The van der Waals surface area contributed by atoms with Gasteiger partial charge in [0.1, 0.15) is 12.7 Å². The molecule has 6 atom stereocenters. The van der Waals surface area contributed by atoms with Gasteiger partial charge in [-0.15, -0.1) is 0 Å². The van der Waals surface area contributed by atoms with Gasteiger partial charge in [-0.25, -0.2) is 4.57 Å². The summed E-state index contributed by atoms with van der Waals surface area (Å²) in [6, 6.07) is 0. The second-order valence-electron chi connectivity index (χ2n) is 13.2. The Morgan fingerprint density at radius 2 is 1.25 bits per heavy atom. The summed E-state index contributed by atoms with van der Waals surface area (Å²) >= 11 is 0. The number of ether oxygens (including phenoxy) is 2. The van der Waals surface area contributed by atoms with Gasteiger partial charge in [-0.3, -0.25) is 18.6 Å². The molecule has 0 aromatic carbocycles. The first-order valence-electron chi connectivity index (χ1n) is 19.2. The van der Waals surface area contributed by atoms with Gasteiger partial charge in [0, 0.05) is 12.8 Å². The molecule has 0 amide bonds. The highest BCUT2D eigenvalue weighted by Crippen LogP contribution is 2.43. The van der Waals surface area contributed by atoms with Crippen LogP contribution in [-0.4, -0.2) is 88.1 Å². The van der Waals surface area contributed by atoms with Crippen LogP contribution in [0.15, 0.2) is 48.6 Å². The molecule has 0 saturated carbocycles. The summed E-state index contributed by atoms with van der Waals surface area (Å²) < 4.78 is 32.4.